The maximum Gasteiger partial charge on any atom is 0.307 e. The fraction of sp³-hybridized carbons (Fsp3) is 0.429. The van der Waals surface area contributed by atoms with Crippen LogP contribution in [0.3, 0.4) is 0 Å². The van der Waals surface area contributed by atoms with Crippen LogP contribution in [-0.4, -0.2) is 50.1 Å². The molecule has 0 heterocycles. The highest BCUT2D eigenvalue weighted by Crippen LogP contribution is 2.14. The van der Waals surface area contributed by atoms with Gasteiger partial charge in [-0.1, -0.05) is 12.1 Å². The van der Waals surface area contributed by atoms with E-state index in [9.17, 15) is 18.0 Å². The lowest BCUT2D eigenvalue weighted by Gasteiger charge is -2.10. The van der Waals surface area contributed by atoms with Gasteiger partial charge in [0.25, 0.3) is 0 Å². The van der Waals surface area contributed by atoms with E-state index in [1.54, 1.807) is 14.1 Å². The van der Waals surface area contributed by atoms with E-state index in [0.29, 0.717) is 5.56 Å². The predicted molar refractivity (Wildman–Crippen MR) is 77.8 cm³/mol. The molecule has 116 valence electrons. The van der Waals surface area contributed by atoms with Gasteiger partial charge in [-0.05, 0) is 24.1 Å². The van der Waals surface area contributed by atoms with Crippen molar-refractivity contribution in [2.24, 2.45) is 0 Å². The molecule has 0 saturated heterocycles. The number of aliphatic carboxylic acids is 1. The van der Waals surface area contributed by atoms with Gasteiger partial charge in [-0.25, -0.2) is 8.42 Å². The number of carboxylic acids is 1. The first-order chi connectivity index (χ1) is 9.72. The SMILES string of the molecule is CN(C)C(=O)CCCS(=O)(=O)c1ccc(CC(=O)O)cc1. The fourth-order valence-corrected chi connectivity index (χ4v) is 3.05. The summed E-state index contributed by atoms with van der Waals surface area (Å²) in [7, 11) is -0.199. The highest BCUT2D eigenvalue weighted by molar-refractivity contribution is 7.91. The van der Waals surface area contributed by atoms with Gasteiger partial charge in [-0.15, -0.1) is 0 Å². The Morgan fingerprint density at radius 2 is 1.71 bits per heavy atom. The number of carbonyl (C=O) groups excluding carboxylic acids is 1. The van der Waals surface area contributed by atoms with E-state index in [0.717, 1.165) is 0 Å². The third-order valence-electron chi connectivity index (χ3n) is 2.94. The molecule has 0 aromatic heterocycles. The molecule has 0 aliphatic heterocycles. The number of nitrogens with zero attached hydrogens (tertiary/aromatic N) is 1. The Hall–Kier alpha value is -1.89. The van der Waals surface area contributed by atoms with Crippen molar-refractivity contribution in [3.8, 4) is 0 Å². The summed E-state index contributed by atoms with van der Waals surface area (Å²) in [6, 6.07) is 5.79. The number of rotatable bonds is 7. The summed E-state index contributed by atoms with van der Waals surface area (Å²) in [5.74, 6) is -1.18. The highest BCUT2D eigenvalue weighted by Gasteiger charge is 2.15. The number of carbonyl (C=O) groups is 2. The minimum absolute atomic E-state index is 0.106. The molecule has 7 heteroatoms. The van der Waals surface area contributed by atoms with Crippen LogP contribution in [-0.2, 0) is 25.8 Å². The lowest BCUT2D eigenvalue weighted by molar-refractivity contribution is -0.136. The van der Waals surface area contributed by atoms with E-state index in [2.05, 4.69) is 0 Å². The molecule has 0 radical (unpaired) electrons. The summed E-state index contributed by atoms with van der Waals surface area (Å²) < 4.78 is 24.2. The minimum atomic E-state index is -3.45. The summed E-state index contributed by atoms with van der Waals surface area (Å²) in [5, 5.41) is 8.65. The Labute approximate surface area is 124 Å². The number of carboxylic acid groups (broad SMARTS) is 1. The van der Waals surface area contributed by atoms with Gasteiger partial charge in [-0.3, -0.25) is 9.59 Å². The van der Waals surface area contributed by atoms with Gasteiger partial charge in [0, 0.05) is 20.5 Å². The van der Waals surface area contributed by atoms with E-state index in [4.69, 9.17) is 5.11 Å². The Kier molecular flexibility index (Phi) is 5.90. The van der Waals surface area contributed by atoms with Crippen molar-refractivity contribution < 1.29 is 23.1 Å². The summed E-state index contributed by atoms with van der Waals surface area (Å²) in [6.07, 6.45) is 0.303. The van der Waals surface area contributed by atoms with Crippen molar-refractivity contribution >= 4 is 21.7 Å². The Bertz CT molecular complexity index is 605. The van der Waals surface area contributed by atoms with Crippen LogP contribution in [0.4, 0.5) is 0 Å². The molecule has 1 amide bonds. The van der Waals surface area contributed by atoms with E-state index in [1.807, 2.05) is 0 Å². The molecule has 0 bridgehead atoms. The zero-order chi connectivity index (χ0) is 16.0. The molecule has 1 aromatic rings. The van der Waals surface area contributed by atoms with Gasteiger partial charge >= 0.3 is 5.97 Å². The lowest BCUT2D eigenvalue weighted by atomic mass is 10.2. The van der Waals surface area contributed by atoms with Gasteiger partial charge in [0.05, 0.1) is 17.1 Å². The van der Waals surface area contributed by atoms with Crippen molar-refractivity contribution in [3.63, 3.8) is 0 Å². The number of hydrogen-bond donors (Lipinski definition) is 1. The third-order valence-corrected chi connectivity index (χ3v) is 4.76. The van der Waals surface area contributed by atoms with E-state index >= 15 is 0 Å². The molecule has 6 nitrogen and oxygen atoms in total. The zero-order valence-corrected chi connectivity index (χ0v) is 12.9. The number of sulfone groups is 1. The maximum atomic E-state index is 12.1. The van der Waals surface area contributed by atoms with Crippen LogP contribution in [0.1, 0.15) is 18.4 Å². The molecular formula is C14H19NO5S. The Morgan fingerprint density at radius 3 is 2.19 bits per heavy atom. The summed E-state index contributed by atoms with van der Waals surface area (Å²) in [5.41, 5.74) is 0.546. The molecule has 0 fully saturated rings. The summed E-state index contributed by atoms with van der Waals surface area (Å²) in [4.78, 5) is 23.5. The molecule has 1 aromatic carbocycles. The van der Waals surface area contributed by atoms with Crippen molar-refractivity contribution in [2.75, 3.05) is 19.8 Å². The zero-order valence-electron chi connectivity index (χ0n) is 12.1. The average molecular weight is 313 g/mol. The van der Waals surface area contributed by atoms with Crippen molar-refractivity contribution in [1.29, 1.82) is 0 Å². The van der Waals surface area contributed by atoms with Gasteiger partial charge in [0.2, 0.25) is 5.91 Å². The van der Waals surface area contributed by atoms with E-state index in [1.165, 1.54) is 29.2 Å². The van der Waals surface area contributed by atoms with Crippen LogP contribution in [0.15, 0.2) is 29.2 Å². The number of hydrogen-bond acceptors (Lipinski definition) is 4. The molecule has 1 N–H and O–H groups in total. The second-order valence-electron chi connectivity index (χ2n) is 4.93. The first-order valence-electron chi connectivity index (χ1n) is 6.46. The van der Waals surface area contributed by atoms with Gasteiger partial charge in [0.1, 0.15) is 0 Å². The molecule has 0 aliphatic carbocycles. The van der Waals surface area contributed by atoms with Gasteiger partial charge in [0.15, 0.2) is 9.84 Å². The summed E-state index contributed by atoms with van der Waals surface area (Å²) in [6.45, 7) is 0. The Morgan fingerprint density at radius 1 is 1.14 bits per heavy atom. The molecule has 1 rings (SSSR count). The molecule has 0 saturated carbocycles. The normalized spacial score (nSPS) is 11.1. The third kappa shape index (κ3) is 5.55. The average Bonchev–Trinajstić information content (AvgIpc) is 2.38. The fourth-order valence-electron chi connectivity index (χ4n) is 1.74. The van der Waals surface area contributed by atoms with Crippen LogP contribution >= 0.6 is 0 Å². The molecule has 0 atom stereocenters. The molecule has 0 unspecified atom stereocenters. The maximum absolute atomic E-state index is 12.1. The lowest BCUT2D eigenvalue weighted by Crippen LogP contribution is -2.22. The van der Waals surface area contributed by atoms with Crippen LogP contribution in [0.5, 0.6) is 0 Å². The Balaban J connectivity index is 2.66. The molecule has 0 aliphatic rings. The van der Waals surface area contributed by atoms with E-state index in [-0.39, 0.29) is 35.8 Å². The highest BCUT2D eigenvalue weighted by atomic mass is 32.2. The first kappa shape index (κ1) is 17.2. The summed E-state index contributed by atoms with van der Waals surface area (Å²) >= 11 is 0. The second-order valence-corrected chi connectivity index (χ2v) is 7.03. The largest absolute Gasteiger partial charge is 0.481 e. The van der Waals surface area contributed by atoms with Crippen LogP contribution in [0, 0.1) is 0 Å². The van der Waals surface area contributed by atoms with Gasteiger partial charge < -0.3 is 10.0 Å². The smallest absolute Gasteiger partial charge is 0.307 e. The van der Waals surface area contributed by atoms with Crippen LogP contribution in [0.25, 0.3) is 0 Å². The monoisotopic (exact) mass is 313 g/mol. The molecular weight excluding hydrogens is 294 g/mol. The van der Waals surface area contributed by atoms with Gasteiger partial charge in [-0.2, -0.15) is 0 Å². The van der Waals surface area contributed by atoms with Crippen molar-refractivity contribution in [3.05, 3.63) is 29.8 Å². The minimum Gasteiger partial charge on any atom is -0.481 e. The quantitative estimate of drug-likeness (QED) is 0.809. The second kappa shape index (κ2) is 7.21. The topological polar surface area (TPSA) is 91.8 Å². The van der Waals surface area contributed by atoms with Crippen LogP contribution < -0.4 is 0 Å². The first-order valence-corrected chi connectivity index (χ1v) is 8.11. The van der Waals surface area contributed by atoms with Crippen molar-refractivity contribution in [2.45, 2.75) is 24.2 Å². The number of amides is 1. The molecule has 21 heavy (non-hydrogen) atoms. The predicted octanol–water partition coefficient (Wildman–Crippen LogP) is 0.956. The molecule has 0 spiro atoms. The standard InChI is InChI=1S/C14H19NO5S/c1-15(2)13(16)4-3-9-21(19,20)12-7-5-11(6-8-12)10-14(17)18/h5-8H,3-4,9-10H2,1-2H3,(H,17,18). The van der Waals surface area contributed by atoms with E-state index < -0.39 is 15.8 Å². The van der Waals surface area contributed by atoms with Crippen molar-refractivity contribution in [1.82, 2.24) is 4.90 Å². The van der Waals surface area contributed by atoms with Crippen LogP contribution in [0.2, 0.25) is 0 Å². The number of benzene rings is 1.